The second kappa shape index (κ2) is 10.7. The summed E-state index contributed by atoms with van der Waals surface area (Å²) >= 11 is 5.70. The fourth-order valence-corrected chi connectivity index (χ4v) is 4.98. The SMILES string of the molecule is COc1ccc([C@@H](CC(=O)Nc2ccc(Cl)cc2C(F)(F)F)N(C)S(=O)(=O)c2ccccc2)cc1. The van der Waals surface area contributed by atoms with Crippen LogP contribution in [0, 0.1) is 0 Å². The molecule has 0 saturated heterocycles. The van der Waals surface area contributed by atoms with Crippen molar-refractivity contribution in [1.29, 1.82) is 0 Å². The summed E-state index contributed by atoms with van der Waals surface area (Å²) in [5, 5.41) is 2.11. The number of methoxy groups -OCH3 is 1. The summed E-state index contributed by atoms with van der Waals surface area (Å²) in [6.07, 6.45) is -5.20. The number of hydrogen-bond donors (Lipinski definition) is 1. The molecule has 0 fully saturated rings. The van der Waals surface area contributed by atoms with E-state index in [2.05, 4.69) is 5.32 Å². The Kier molecular flexibility index (Phi) is 8.09. The highest BCUT2D eigenvalue weighted by atomic mass is 35.5. The Bertz CT molecular complexity index is 1280. The van der Waals surface area contributed by atoms with Crippen molar-refractivity contribution in [3.05, 3.63) is 88.9 Å². The molecular weight excluding hydrogens is 505 g/mol. The normalized spacial score (nSPS) is 12.9. The predicted octanol–water partition coefficient (Wildman–Crippen LogP) is 5.76. The molecule has 3 rings (SSSR count). The van der Waals surface area contributed by atoms with Crippen LogP contribution in [-0.4, -0.2) is 32.8 Å². The average molecular weight is 527 g/mol. The fourth-order valence-electron chi connectivity index (χ4n) is 3.45. The van der Waals surface area contributed by atoms with Gasteiger partial charge in [-0.1, -0.05) is 41.9 Å². The Morgan fingerprint density at radius 2 is 1.69 bits per heavy atom. The fraction of sp³-hybridized carbons (Fsp3) is 0.208. The Labute approximate surface area is 206 Å². The van der Waals surface area contributed by atoms with Crippen molar-refractivity contribution in [2.24, 2.45) is 0 Å². The predicted molar refractivity (Wildman–Crippen MR) is 127 cm³/mol. The molecule has 0 spiro atoms. The van der Waals surface area contributed by atoms with Gasteiger partial charge in [0, 0.05) is 18.5 Å². The minimum Gasteiger partial charge on any atom is -0.497 e. The van der Waals surface area contributed by atoms with Crippen LogP contribution >= 0.6 is 11.6 Å². The molecule has 0 bridgehead atoms. The minimum atomic E-state index is -4.75. The van der Waals surface area contributed by atoms with E-state index in [1.807, 2.05) is 0 Å². The molecule has 3 aromatic rings. The maximum atomic E-state index is 13.4. The van der Waals surface area contributed by atoms with Crippen LogP contribution in [0.5, 0.6) is 5.75 Å². The van der Waals surface area contributed by atoms with E-state index < -0.39 is 45.8 Å². The molecule has 11 heteroatoms. The van der Waals surface area contributed by atoms with Crippen LogP contribution in [0.3, 0.4) is 0 Å². The van der Waals surface area contributed by atoms with Gasteiger partial charge in [-0.15, -0.1) is 0 Å². The second-order valence-electron chi connectivity index (χ2n) is 7.56. The van der Waals surface area contributed by atoms with E-state index in [4.69, 9.17) is 16.3 Å². The number of ether oxygens (including phenoxy) is 1. The van der Waals surface area contributed by atoms with Crippen molar-refractivity contribution in [3.8, 4) is 5.75 Å². The van der Waals surface area contributed by atoms with Crippen LogP contribution in [0.25, 0.3) is 0 Å². The highest BCUT2D eigenvalue weighted by Gasteiger charge is 2.35. The zero-order valence-corrected chi connectivity index (χ0v) is 20.3. The van der Waals surface area contributed by atoms with Crippen molar-refractivity contribution < 1.29 is 31.1 Å². The summed E-state index contributed by atoms with van der Waals surface area (Å²) in [7, 11) is -1.25. The largest absolute Gasteiger partial charge is 0.497 e. The zero-order valence-electron chi connectivity index (χ0n) is 18.7. The third-order valence-electron chi connectivity index (χ3n) is 5.30. The first-order valence-electron chi connectivity index (χ1n) is 10.3. The van der Waals surface area contributed by atoms with E-state index in [1.165, 1.54) is 32.4 Å². The Balaban J connectivity index is 1.95. The molecule has 0 heterocycles. The van der Waals surface area contributed by atoms with Gasteiger partial charge in [-0.25, -0.2) is 8.42 Å². The van der Waals surface area contributed by atoms with E-state index >= 15 is 0 Å². The minimum absolute atomic E-state index is 0.0125. The number of alkyl halides is 3. The Morgan fingerprint density at radius 3 is 2.26 bits per heavy atom. The van der Waals surface area contributed by atoms with Gasteiger partial charge in [0.25, 0.3) is 0 Å². The number of sulfonamides is 1. The molecule has 35 heavy (non-hydrogen) atoms. The molecule has 0 aliphatic rings. The Morgan fingerprint density at radius 1 is 1.06 bits per heavy atom. The number of anilines is 1. The average Bonchev–Trinajstić information content (AvgIpc) is 2.83. The maximum Gasteiger partial charge on any atom is 0.418 e. The highest BCUT2D eigenvalue weighted by Crippen LogP contribution is 2.37. The number of carbonyl (C=O) groups is 1. The van der Waals surface area contributed by atoms with E-state index in [0.29, 0.717) is 17.4 Å². The third-order valence-corrected chi connectivity index (χ3v) is 7.42. The van der Waals surface area contributed by atoms with Crippen LogP contribution < -0.4 is 10.1 Å². The van der Waals surface area contributed by atoms with E-state index in [9.17, 15) is 26.4 Å². The molecule has 0 aliphatic carbocycles. The molecule has 0 radical (unpaired) electrons. The van der Waals surface area contributed by atoms with Crippen molar-refractivity contribution in [2.75, 3.05) is 19.5 Å². The molecule has 186 valence electrons. The molecule has 1 amide bonds. The first kappa shape index (κ1) is 26.5. The molecule has 1 N–H and O–H groups in total. The molecule has 1 atom stereocenters. The number of carbonyl (C=O) groups excluding carboxylic acids is 1. The first-order valence-corrected chi connectivity index (χ1v) is 12.1. The molecule has 0 unspecified atom stereocenters. The van der Waals surface area contributed by atoms with E-state index in [0.717, 1.165) is 10.4 Å². The van der Waals surface area contributed by atoms with Crippen LogP contribution in [0.15, 0.2) is 77.7 Å². The van der Waals surface area contributed by atoms with Crippen LogP contribution in [0.4, 0.5) is 18.9 Å². The summed E-state index contributed by atoms with van der Waals surface area (Å²) in [4.78, 5) is 12.9. The van der Waals surface area contributed by atoms with Crippen molar-refractivity contribution in [2.45, 2.75) is 23.5 Å². The van der Waals surface area contributed by atoms with Gasteiger partial charge in [0.2, 0.25) is 15.9 Å². The number of hydrogen-bond acceptors (Lipinski definition) is 4. The standard InChI is InChI=1S/C24H22ClF3N2O4S/c1-30(35(32,33)19-6-4-3-5-7-19)22(16-8-11-18(34-2)12-9-16)15-23(31)29-21-13-10-17(25)14-20(21)24(26,27)28/h3-14,22H,15H2,1-2H3,(H,29,31)/t22-/m1/s1. The molecule has 0 saturated carbocycles. The van der Waals surface area contributed by atoms with Gasteiger partial charge in [-0.05, 0) is 48.0 Å². The summed E-state index contributed by atoms with van der Waals surface area (Å²) in [6.45, 7) is 0. The molecule has 0 aromatic heterocycles. The lowest BCUT2D eigenvalue weighted by atomic mass is 10.0. The first-order chi connectivity index (χ1) is 16.4. The molecule has 0 aliphatic heterocycles. The van der Waals surface area contributed by atoms with E-state index in [-0.39, 0.29) is 9.92 Å². The molecule has 6 nitrogen and oxygen atoms in total. The number of nitrogens with one attached hydrogen (secondary N) is 1. The summed E-state index contributed by atoms with van der Waals surface area (Å²) in [5.74, 6) is -0.296. The number of nitrogens with zero attached hydrogens (tertiary/aromatic N) is 1. The van der Waals surface area contributed by atoms with Gasteiger partial charge >= 0.3 is 6.18 Å². The van der Waals surface area contributed by atoms with Gasteiger partial charge < -0.3 is 10.1 Å². The Hall–Kier alpha value is -3.08. The lowest BCUT2D eigenvalue weighted by Crippen LogP contribution is -2.34. The van der Waals surface area contributed by atoms with Crippen molar-refractivity contribution in [1.82, 2.24) is 4.31 Å². The van der Waals surface area contributed by atoms with E-state index in [1.54, 1.807) is 42.5 Å². The van der Waals surface area contributed by atoms with Crippen LogP contribution in [0.2, 0.25) is 5.02 Å². The van der Waals surface area contributed by atoms with Crippen LogP contribution in [-0.2, 0) is 21.0 Å². The smallest absolute Gasteiger partial charge is 0.418 e. The third kappa shape index (κ3) is 6.33. The number of halogens is 4. The van der Waals surface area contributed by atoms with Crippen molar-refractivity contribution >= 4 is 33.2 Å². The second-order valence-corrected chi connectivity index (χ2v) is 10.00. The lowest BCUT2D eigenvalue weighted by Gasteiger charge is -2.28. The zero-order chi connectivity index (χ0) is 25.8. The topological polar surface area (TPSA) is 75.7 Å². The maximum absolute atomic E-state index is 13.4. The quantitative estimate of drug-likeness (QED) is 0.405. The van der Waals surface area contributed by atoms with Gasteiger partial charge in [0.15, 0.2) is 0 Å². The number of amides is 1. The van der Waals surface area contributed by atoms with Gasteiger partial charge in [-0.3, -0.25) is 4.79 Å². The summed E-state index contributed by atoms with van der Waals surface area (Å²) in [6, 6.07) is 16.0. The highest BCUT2D eigenvalue weighted by molar-refractivity contribution is 7.89. The monoisotopic (exact) mass is 526 g/mol. The molecular formula is C24H22ClF3N2O4S. The summed E-state index contributed by atoms with van der Waals surface area (Å²) in [5.41, 5.74) is -1.13. The van der Waals surface area contributed by atoms with Crippen molar-refractivity contribution in [3.63, 3.8) is 0 Å². The molecule has 3 aromatic carbocycles. The number of benzene rings is 3. The summed E-state index contributed by atoms with van der Waals surface area (Å²) < 4.78 is 73.0. The van der Waals surface area contributed by atoms with Crippen LogP contribution in [0.1, 0.15) is 23.6 Å². The lowest BCUT2D eigenvalue weighted by molar-refractivity contribution is -0.137. The van der Waals surface area contributed by atoms with Gasteiger partial charge in [-0.2, -0.15) is 17.5 Å². The van der Waals surface area contributed by atoms with Gasteiger partial charge in [0.1, 0.15) is 5.75 Å². The number of rotatable bonds is 8. The van der Waals surface area contributed by atoms with Gasteiger partial charge in [0.05, 0.1) is 29.3 Å².